The van der Waals surface area contributed by atoms with Gasteiger partial charge in [0.25, 0.3) is 0 Å². The van der Waals surface area contributed by atoms with Gasteiger partial charge in [-0.05, 0) is 29.5 Å². The van der Waals surface area contributed by atoms with Crippen LogP contribution in [-0.4, -0.2) is 39.7 Å². The molecule has 0 aliphatic rings. The summed E-state index contributed by atoms with van der Waals surface area (Å²) in [7, 11) is -3.11. The summed E-state index contributed by atoms with van der Waals surface area (Å²) >= 11 is 0. The molecule has 0 unspecified atom stereocenters. The molecular weight excluding hydrogens is 316 g/mol. The summed E-state index contributed by atoms with van der Waals surface area (Å²) < 4.78 is 2.97. The number of rotatable bonds is 7. The maximum atomic E-state index is 11.0. The van der Waals surface area contributed by atoms with Crippen LogP contribution >= 0.6 is 0 Å². The monoisotopic (exact) mass is 358 g/mol. The summed E-state index contributed by atoms with van der Waals surface area (Å²) in [5, 5.41) is 3.64. The van der Waals surface area contributed by atoms with Crippen molar-refractivity contribution in [2.45, 2.75) is 97.6 Å². The van der Waals surface area contributed by atoms with Crippen LogP contribution < -0.4 is 5.32 Å². The Labute approximate surface area is 147 Å². The number of hydrogen-bond acceptors (Lipinski definition) is 2. The highest BCUT2D eigenvalue weighted by atomic mass is 28.4. The molecule has 0 heterocycles. The Balaban J connectivity index is 5.23. The Morgan fingerprint density at radius 2 is 1.26 bits per heavy atom. The van der Waals surface area contributed by atoms with Gasteiger partial charge < -0.3 is 9.55 Å². The normalized spacial score (nSPS) is 14.3. The third-order valence-electron chi connectivity index (χ3n) is 6.20. The Morgan fingerprint density at radius 1 is 0.870 bits per heavy atom. The standard InChI is InChI=1S/C18H42N2OSi2/c1-16(21)19-14-12-13-15-20(22(8,9)17(2,3)4)23(10,11)18(5,6)7/h12-15H2,1-11H3,(H,19,21). The molecule has 1 amide bonds. The molecule has 3 nitrogen and oxygen atoms in total. The predicted octanol–water partition coefficient (Wildman–Crippen LogP) is 5.22. The minimum absolute atomic E-state index is 0.0793. The average Bonchev–Trinajstić information content (AvgIpc) is 2.29. The van der Waals surface area contributed by atoms with Crippen LogP contribution in [0.25, 0.3) is 0 Å². The lowest BCUT2D eigenvalue weighted by molar-refractivity contribution is -0.118. The molecular formula is C18H42N2OSi2. The SMILES string of the molecule is CC(=O)NCCCCN([Si](C)(C)C(C)(C)C)[Si](C)(C)C(C)(C)C. The van der Waals surface area contributed by atoms with Gasteiger partial charge in [-0.1, -0.05) is 67.7 Å². The summed E-state index contributed by atoms with van der Waals surface area (Å²) in [6.07, 6.45) is 2.23. The van der Waals surface area contributed by atoms with Crippen molar-refractivity contribution >= 4 is 22.4 Å². The number of carbonyl (C=O) groups is 1. The topological polar surface area (TPSA) is 32.3 Å². The minimum Gasteiger partial charge on any atom is -0.356 e. The van der Waals surface area contributed by atoms with Gasteiger partial charge in [-0.2, -0.15) is 0 Å². The number of hydrogen-bond donors (Lipinski definition) is 1. The number of nitrogens with one attached hydrogen (secondary N) is 1. The van der Waals surface area contributed by atoms with Gasteiger partial charge in [-0.3, -0.25) is 4.79 Å². The smallest absolute Gasteiger partial charge is 0.216 e. The largest absolute Gasteiger partial charge is 0.356 e. The summed E-state index contributed by atoms with van der Waals surface area (Å²) in [6, 6.07) is 0. The molecule has 0 saturated carbocycles. The molecule has 0 rings (SSSR count). The van der Waals surface area contributed by atoms with E-state index in [9.17, 15) is 4.79 Å². The van der Waals surface area contributed by atoms with Crippen LogP contribution in [0, 0.1) is 0 Å². The lowest BCUT2D eigenvalue weighted by Gasteiger charge is -2.57. The van der Waals surface area contributed by atoms with E-state index < -0.39 is 16.5 Å². The van der Waals surface area contributed by atoms with E-state index in [4.69, 9.17) is 0 Å². The second-order valence-electron chi connectivity index (χ2n) is 9.96. The second kappa shape index (κ2) is 7.83. The van der Waals surface area contributed by atoms with E-state index in [1.54, 1.807) is 6.92 Å². The number of carbonyl (C=O) groups excluding carboxylic acids is 1. The molecule has 0 saturated heterocycles. The van der Waals surface area contributed by atoms with Crippen LogP contribution in [-0.2, 0) is 4.79 Å². The molecule has 23 heavy (non-hydrogen) atoms. The van der Waals surface area contributed by atoms with Gasteiger partial charge >= 0.3 is 0 Å². The van der Waals surface area contributed by atoms with E-state index in [0.717, 1.165) is 13.0 Å². The fraction of sp³-hybridized carbons (Fsp3) is 0.944. The van der Waals surface area contributed by atoms with Crippen molar-refractivity contribution in [3.63, 3.8) is 0 Å². The zero-order valence-corrected chi connectivity index (χ0v) is 19.7. The highest BCUT2D eigenvalue weighted by Gasteiger charge is 2.51. The lowest BCUT2D eigenvalue weighted by Crippen LogP contribution is -2.68. The average molecular weight is 359 g/mol. The highest BCUT2D eigenvalue weighted by Crippen LogP contribution is 2.46. The Kier molecular flexibility index (Phi) is 7.78. The van der Waals surface area contributed by atoms with Crippen molar-refractivity contribution in [3.8, 4) is 0 Å². The maximum absolute atomic E-state index is 11.0. The van der Waals surface area contributed by atoms with Gasteiger partial charge in [-0.15, -0.1) is 0 Å². The van der Waals surface area contributed by atoms with Gasteiger partial charge in [0.2, 0.25) is 5.91 Å². The predicted molar refractivity (Wildman–Crippen MR) is 109 cm³/mol. The van der Waals surface area contributed by atoms with Gasteiger partial charge in [0.05, 0.1) is 0 Å². The van der Waals surface area contributed by atoms with E-state index >= 15 is 0 Å². The Bertz CT molecular complexity index is 367. The molecule has 0 bridgehead atoms. The summed E-state index contributed by atoms with van der Waals surface area (Å²) in [5.74, 6) is 0.0793. The minimum atomic E-state index is -1.55. The van der Waals surface area contributed by atoms with Gasteiger partial charge in [0.1, 0.15) is 16.5 Å². The molecule has 0 aromatic heterocycles. The number of nitrogens with zero attached hydrogens (tertiary/aromatic N) is 1. The fourth-order valence-electron chi connectivity index (χ4n) is 2.73. The van der Waals surface area contributed by atoms with Crippen molar-refractivity contribution in [1.82, 2.24) is 9.55 Å². The van der Waals surface area contributed by atoms with Crippen LogP contribution in [0.15, 0.2) is 0 Å². The first kappa shape index (κ1) is 22.9. The van der Waals surface area contributed by atoms with E-state index in [1.165, 1.54) is 13.0 Å². The van der Waals surface area contributed by atoms with Gasteiger partial charge in [-0.25, -0.2) is 0 Å². The van der Waals surface area contributed by atoms with Crippen LogP contribution in [0.5, 0.6) is 0 Å². The first-order chi connectivity index (χ1) is 10.0. The molecule has 5 heteroatoms. The van der Waals surface area contributed by atoms with E-state index in [2.05, 4.69) is 77.3 Å². The third kappa shape index (κ3) is 6.02. The molecule has 0 radical (unpaired) electrons. The number of amides is 1. The van der Waals surface area contributed by atoms with Gasteiger partial charge in [0, 0.05) is 13.5 Å². The molecule has 0 aromatic rings. The molecule has 0 aromatic carbocycles. The van der Waals surface area contributed by atoms with Crippen molar-refractivity contribution in [1.29, 1.82) is 0 Å². The molecule has 1 N–H and O–H groups in total. The summed E-state index contributed by atoms with van der Waals surface area (Å²) in [5.41, 5.74) is 0. The lowest BCUT2D eigenvalue weighted by atomic mass is 10.2. The highest BCUT2D eigenvalue weighted by molar-refractivity contribution is 6.93. The molecule has 0 aliphatic carbocycles. The second-order valence-corrected chi connectivity index (χ2v) is 20.7. The van der Waals surface area contributed by atoms with Crippen molar-refractivity contribution in [2.75, 3.05) is 13.1 Å². The third-order valence-corrected chi connectivity index (χ3v) is 20.0. The molecule has 0 atom stereocenters. The zero-order valence-electron chi connectivity index (χ0n) is 17.7. The zero-order chi connectivity index (χ0) is 18.7. The van der Waals surface area contributed by atoms with Crippen LogP contribution in [0.4, 0.5) is 0 Å². The van der Waals surface area contributed by atoms with Crippen LogP contribution in [0.2, 0.25) is 36.3 Å². The first-order valence-electron chi connectivity index (χ1n) is 9.07. The van der Waals surface area contributed by atoms with Crippen molar-refractivity contribution < 1.29 is 4.79 Å². The molecule has 0 spiro atoms. The van der Waals surface area contributed by atoms with Crippen molar-refractivity contribution in [2.24, 2.45) is 0 Å². The quantitative estimate of drug-likeness (QED) is 0.500. The fourth-order valence-corrected chi connectivity index (χ4v) is 13.4. The van der Waals surface area contributed by atoms with Crippen LogP contribution in [0.3, 0.4) is 0 Å². The summed E-state index contributed by atoms with van der Waals surface area (Å²) in [4.78, 5) is 11.0. The van der Waals surface area contributed by atoms with E-state index in [-0.39, 0.29) is 5.91 Å². The Morgan fingerprint density at radius 3 is 1.57 bits per heavy atom. The van der Waals surface area contributed by atoms with Gasteiger partial charge in [0.15, 0.2) is 0 Å². The number of unbranched alkanes of at least 4 members (excludes halogenated alkanes) is 1. The van der Waals surface area contributed by atoms with E-state index in [1.807, 2.05) is 0 Å². The van der Waals surface area contributed by atoms with E-state index in [0.29, 0.717) is 10.1 Å². The molecule has 0 aliphatic heterocycles. The maximum Gasteiger partial charge on any atom is 0.216 e. The molecule has 138 valence electrons. The van der Waals surface area contributed by atoms with Crippen LogP contribution in [0.1, 0.15) is 61.3 Å². The first-order valence-corrected chi connectivity index (χ1v) is 15.0. The molecule has 0 fully saturated rings. The summed E-state index contributed by atoms with van der Waals surface area (Å²) in [6.45, 7) is 28.2. The Hall–Kier alpha value is -0.136. The van der Waals surface area contributed by atoms with Crippen molar-refractivity contribution in [3.05, 3.63) is 0 Å².